The van der Waals surface area contributed by atoms with Crippen LogP contribution in [0.3, 0.4) is 0 Å². The first-order valence-electron chi connectivity index (χ1n) is 7.13. The third kappa shape index (κ3) is 2.76. The Bertz CT molecular complexity index is 810. The first kappa shape index (κ1) is 14.1. The van der Waals surface area contributed by atoms with E-state index in [1.807, 2.05) is 38.2 Å². The van der Waals surface area contributed by atoms with Gasteiger partial charge in [0.15, 0.2) is 0 Å². The Labute approximate surface area is 128 Å². The maximum atomic E-state index is 11.6. The molecule has 2 heterocycles. The van der Waals surface area contributed by atoms with E-state index in [4.69, 9.17) is 0 Å². The van der Waals surface area contributed by atoms with Gasteiger partial charge < -0.3 is 10.3 Å². The molecule has 0 fully saturated rings. The quantitative estimate of drug-likeness (QED) is 0.694. The molecular weight excluding hydrogens is 278 g/mol. The average Bonchev–Trinajstić information content (AvgIpc) is 2.91. The number of carbonyl (C=O) groups excluding carboxylic acids is 1. The topological polar surface area (TPSA) is 82.7 Å². The monoisotopic (exact) mass is 295 g/mol. The molecule has 0 saturated carbocycles. The van der Waals surface area contributed by atoms with Crippen molar-refractivity contribution in [3.63, 3.8) is 0 Å². The van der Waals surface area contributed by atoms with Crippen LogP contribution in [0.5, 0.6) is 0 Å². The molecule has 3 N–H and O–H groups in total. The van der Waals surface area contributed by atoms with Gasteiger partial charge in [-0.3, -0.25) is 10.3 Å². The second-order valence-electron chi connectivity index (χ2n) is 5.00. The van der Waals surface area contributed by atoms with Crippen molar-refractivity contribution in [3.8, 4) is 11.1 Å². The first-order valence-corrected chi connectivity index (χ1v) is 7.13. The van der Waals surface area contributed by atoms with Crippen LogP contribution in [0.1, 0.15) is 12.5 Å². The van der Waals surface area contributed by atoms with Gasteiger partial charge in [-0.2, -0.15) is 0 Å². The highest BCUT2D eigenvalue weighted by atomic mass is 16.2. The number of H-pyrrole nitrogens is 1. The predicted octanol–water partition coefficient (Wildman–Crippen LogP) is 3.07. The smallest absolute Gasteiger partial charge is 0.321 e. The molecule has 6 nitrogen and oxygen atoms in total. The summed E-state index contributed by atoms with van der Waals surface area (Å²) in [4.78, 5) is 23.3. The van der Waals surface area contributed by atoms with Crippen molar-refractivity contribution in [2.24, 2.45) is 0 Å². The summed E-state index contributed by atoms with van der Waals surface area (Å²) in [6.07, 6.45) is 3.57. The SMILES string of the molecule is CCNC(=O)Nc1nc2c(C)cc(-c3cccnc3)cc2[nH]1. The fourth-order valence-corrected chi connectivity index (χ4v) is 2.36. The van der Waals surface area contributed by atoms with E-state index in [2.05, 4.69) is 31.7 Å². The van der Waals surface area contributed by atoms with Gasteiger partial charge in [-0.25, -0.2) is 9.78 Å². The van der Waals surface area contributed by atoms with E-state index in [1.54, 1.807) is 6.20 Å². The van der Waals surface area contributed by atoms with E-state index in [0.717, 1.165) is 27.7 Å². The molecule has 2 aromatic heterocycles. The number of pyridine rings is 1. The summed E-state index contributed by atoms with van der Waals surface area (Å²) < 4.78 is 0. The number of benzene rings is 1. The largest absolute Gasteiger partial charge is 0.338 e. The van der Waals surface area contributed by atoms with E-state index in [9.17, 15) is 4.79 Å². The number of rotatable bonds is 3. The van der Waals surface area contributed by atoms with Crippen molar-refractivity contribution in [3.05, 3.63) is 42.2 Å². The summed E-state index contributed by atoms with van der Waals surface area (Å²) >= 11 is 0. The minimum absolute atomic E-state index is 0.272. The van der Waals surface area contributed by atoms with Gasteiger partial charge in [0.25, 0.3) is 0 Å². The normalized spacial score (nSPS) is 10.6. The number of amides is 2. The van der Waals surface area contributed by atoms with Gasteiger partial charge >= 0.3 is 6.03 Å². The summed E-state index contributed by atoms with van der Waals surface area (Å²) in [6, 6.07) is 7.72. The molecule has 0 saturated heterocycles. The molecule has 0 radical (unpaired) electrons. The lowest BCUT2D eigenvalue weighted by atomic mass is 10.0. The Kier molecular flexibility index (Phi) is 3.74. The van der Waals surface area contributed by atoms with E-state index in [0.29, 0.717) is 12.5 Å². The Hall–Kier alpha value is -2.89. The van der Waals surface area contributed by atoms with Crippen LogP contribution in [0.2, 0.25) is 0 Å². The van der Waals surface area contributed by atoms with Crippen LogP contribution in [0.15, 0.2) is 36.7 Å². The van der Waals surface area contributed by atoms with Crippen LogP contribution in [0.25, 0.3) is 22.2 Å². The highest BCUT2D eigenvalue weighted by molar-refractivity contribution is 5.91. The molecule has 0 bridgehead atoms. The Morgan fingerprint density at radius 3 is 2.91 bits per heavy atom. The standard InChI is InChI=1S/C16H17N5O/c1-3-18-16(22)21-15-19-13-8-12(7-10(2)14(13)20-15)11-5-4-6-17-9-11/h4-9H,3H2,1-2H3,(H3,18,19,20,21,22). The van der Waals surface area contributed by atoms with Gasteiger partial charge in [-0.15, -0.1) is 0 Å². The van der Waals surface area contributed by atoms with Crippen molar-refractivity contribution in [2.75, 3.05) is 11.9 Å². The van der Waals surface area contributed by atoms with Crippen LogP contribution in [0, 0.1) is 6.92 Å². The molecular formula is C16H17N5O. The number of imidazole rings is 1. The van der Waals surface area contributed by atoms with Crippen LogP contribution >= 0.6 is 0 Å². The molecule has 0 atom stereocenters. The first-order chi connectivity index (χ1) is 10.7. The van der Waals surface area contributed by atoms with E-state index < -0.39 is 0 Å². The van der Waals surface area contributed by atoms with Crippen LogP contribution in [-0.4, -0.2) is 27.5 Å². The molecule has 0 unspecified atom stereocenters. The fraction of sp³-hybridized carbons (Fsp3) is 0.188. The van der Waals surface area contributed by atoms with Gasteiger partial charge in [0.2, 0.25) is 5.95 Å². The fourth-order valence-electron chi connectivity index (χ4n) is 2.36. The second-order valence-corrected chi connectivity index (χ2v) is 5.00. The number of fused-ring (bicyclic) bond motifs is 1. The number of urea groups is 1. The lowest BCUT2D eigenvalue weighted by molar-refractivity contribution is 0.252. The lowest BCUT2D eigenvalue weighted by Gasteiger charge is -2.03. The number of aromatic amines is 1. The van der Waals surface area contributed by atoms with E-state index >= 15 is 0 Å². The average molecular weight is 295 g/mol. The molecule has 1 aromatic carbocycles. The highest BCUT2D eigenvalue weighted by Gasteiger charge is 2.10. The zero-order valence-corrected chi connectivity index (χ0v) is 12.5. The number of nitrogens with zero attached hydrogens (tertiary/aromatic N) is 2. The maximum absolute atomic E-state index is 11.6. The second kappa shape index (κ2) is 5.85. The number of hydrogen-bond donors (Lipinski definition) is 3. The third-order valence-electron chi connectivity index (χ3n) is 3.34. The van der Waals surface area contributed by atoms with Crippen LogP contribution in [-0.2, 0) is 0 Å². The summed E-state index contributed by atoms with van der Waals surface area (Å²) in [7, 11) is 0. The number of hydrogen-bond acceptors (Lipinski definition) is 3. The summed E-state index contributed by atoms with van der Waals surface area (Å²) in [5, 5.41) is 5.36. The van der Waals surface area contributed by atoms with Gasteiger partial charge in [-0.1, -0.05) is 6.07 Å². The van der Waals surface area contributed by atoms with Crippen molar-refractivity contribution >= 4 is 23.0 Å². The van der Waals surface area contributed by atoms with E-state index in [-0.39, 0.29) is 6.03 Å². The van der Waals surface area contributed by atoms with Crippen LogP contribution < -0.4 is 10.6 Å². The Morgan fingerprint density at radius 1 is 1.32 bits per heavy atom. The molecule has 0 aliphatic heterocycles. The summed E-state index contributed by atoms with van der Waals surface area (Å²) in [6.45, 7) is 4.43. The van der Waals surface area contributed by atoms with Crippen LogP contribution in [0.4, 0.5) is 10.7 Å². The predicted molar refractivity (Wildman–Crippen MR) is 86.8 cm³/mol. The van der Waals surface area contributed by atoms with Gasteiger partial charge in [-0.05, 0) is 43.2 Å². The molecule has 0 aliphatic carbocycles. The minimum atomic E-state index is -0.272. The lowest BCUT2D eigenvalue weighted by Crippen LogP contribution is -2.28. The Morgan fingerprint density at radius 2 is 2.18 bits per heavy atom. The van der Waals surface area contributed by atoms with Crippen molar-refractivity contribution in [1.82, 2.24) is 20.3 Å². The molecule has 6 heteroatoms. The highest BCUT2D eigenvalue weighted by Crippen LogP contribution is 2.26. The summed E-state index contributed by atoms with van der Waals surface area (Å²) in [5.74, 6) is 0.437. The molecule has 3 rings (SSSR count). The molecule has 2 amide bonds. The third-order valence-corrected chi connectivity index (χ3v) is 3.34. The van der Waals surface area contributed by atoms with Gasteiger partial charge in [0, 0.05) is 24.5 Å². The zero-order chi connectivity index (χ0) is 15.5. The number of aromatic nitrogens is 3. The van der Waals surface area contributed by atoms with Crippen molar-refractivity contribution < 1.29 is 4.79 Å². The number of aryl methyl sites for hydroxylation is 1. The van der Waals surface area contributed by atoms with Crippen molar-refractivity contribution in [2.45, 2.75) is 13.8 Å². The number of anilines is 1. The summed E-state index contributed by atoms with van der Waals surface area (Å²) in [5.41, 5.74) is 4.87. The number of carbonyl (C=O) groups is 1. The Balaban J connectivity index is 1.98. The van der Waals surface area contributed by atoms with E-state index in [1.165, 1.54) is 0 Å². The molecule has 0 aliphatic rings. The number of nitrogens with one attached hydrogen (secondary N) is 3. The van der Waals surface area contributed by atoms with Gasteiger partial charge in [0.05, 0.1) is 11.0 Å². The maximum Gasteiger partial charge on any atom is 0.321 e. The molecule has 0 spiro atoms. The zero-order valence-electron chi connectivity index (χ0n) is 12.5. The molecule has 3 aromatic rings. The van der Waals surface area contributed by atoms with Gasteiger partial charge in [0.1, 0.15) is 0 Å². The van der Waals surface area contributed by atoms with Crippen molar-refractivity contribution in [1.29, 1.82) is 0 Å². The minimum Gasteiger partial charge on any atom is -0.338 e. The molecule has 112 valence electrons. The molecule has 22 heavy (non-hydrogen) atoms.